The zero-order valence-corrected chi connectivity index (χ0v) is 19.6. The molecule has 0 bridgehead atoms. The van der Waals surface area contributed by atoms with Gasteiger partial charge in [-0.05, 0) is 49.7 Å². The largest absolute Gasteiger partial charge is 0.489 e. The minimum Gasteiger partial charge on any atom is -0.489 e. The number of rotatable bonds is 8. The summed E-state index contributed by atoms with van der Waals surface area (Å²) in [5, 5.41) is 9.74. The minimum atomic E-state index is -3.89. The van der Waals surface area contributed by atoms with Crippen LogP contribution < -0.4 is 4.74 Å². The molecule has 174 valence electrons. The molecule has 8 nitrogen and oxygen atoms in total. The van der Waals surface area contributed by atoms with E-state index in [4.69, 9.17) is 37.5 Å². The van der Waals surface area contributed by atoms with Crippen molar-refractivity contribution in [3.05, 3.63) is 58.1 Å². The van der Waals surface area contributed by atoms with Gasteiger partial charge in [0.05, 0.1) is 29.3 Å². The Bertz CT molecular complexity index is 1050. The molecule has 1 fully saturated rings. The zero-order chi connectivity index (χ0) is 23.3. The maximum absolute atomic E-state index is 13.2. The summed E-state index contributed by atoms with van der Waals surface area (Å²) in [5.74, 6) is -1.50. The van der Waals surface area contributed by atoms with Gasteiger partial charge in [-0.15, -0.1) is 0 Å². The third-order valence-corrected chi connectivity index (χ3v) is 7.89. The molecule has 0 spiro atoms. The molecule has 1 saturated heterocycles. The van der Waals surface area contributed by atoms with E-state index in [1.807, 2.05) is 0 Å². The van der Waals surface area contributed by atoms with Crippen molar-refractivity contribution in [3.8, 4) is 5.75 Å². The average Bonchev–Trinajstić information content (AvgIpc) is 2.78. The van der Waals surface area contributed by atoms with Crippen molar-refractivity contribution in [2.75, 3.05) is 19.8 Å². The number of carbonyl (C=O) groups excluding carboxylic acids is 1. The lowest BCUT2D eigenvalue weighted by molar-refractivity contribution is -0.317. The molecule has 11 heteroatoms. The van der Waals surface area contributed by atoms with Gasteiger partial charge in [0.15, 0.2) is 9.84 Å². The summed E-state index contributed by atoms with van der Waals surface area (Å²) in [4.78, 5) is 17.3. The molecule has 2 atom stereocenters. The van der Waals surface area contributed by atoms with Gasteiger partial charge in [0, 0.05) is 22.2 Å². The van der Waals surface area contributed by atoms with Gasteiger partial charge in [0.25, 0.3) is 5.91 Å². The fourth-order valence-electron chi connectivity index (χ4n) is 3.35. The maximum Gasteiger partial charge on any atom is 0.279 e. The third-order valence-electron chi connectivity index (χ3n) is 5.01. The third kappa shape index (κ3) is 5.72. The van der Waals surface area contributed by atoms with Crippen LogP contribution in [-0.2, 0) is 30.8 Å². The van der Waals surface area contributed by atoms with Gasteiger partial charge in [-0.2, -0.15) is 0 Å². The Morgan fingerprint density at radius 3 is 2.59 bits per heavy atom. The fourth-order valence-corrected chi connectivity index (χ4v) is 5.71. The highest BCUT2D eigenvalue weighted by atomic mass is 35.5. The first-order valence-corrected chi connectivity index (χ1v) is 12.2. The number of halogens is 2. The van der Waals surface area contributed by atoms with E-state index in [2.05, 4.69) is 0 Å². The predicted octanol–water partition coefficient (Wildman–Crippen LogP) is 3.92. The van der Waals surface area contributed by atoms with E-state index in [-0.39, 0.29) is 43.0 Å². The second kappa shape index (κ2) is 10.8. The Labute approximate surface area is 196 Å². The van der Waals surface area contributed by atoms with Crippen molar-refractivity contribution in [2.24, 2.45) is 5.92 Å². The summed E-state index contributed by atoms with van der Waals surface area (Å²) in [6, 6.07) is 11.0. The zero-order valence-electron chi connectivity index (χ0n) is 17.2. The van der Waals surface area contributed by atoms with Crippen molar-refractivity contribution in [3.63, 3.8) is 0 Å². The molecule has 1 aliphatic rings. The first-order valence-electron chi connectivity index (χ1n) is 9.88. The van der Waals surface area contributed by atoms with Gasteiger partial charge in [-0.25, -0.2) is 13.3 Å². The van der Waals surface area contributed by atoms with E-state index in [9.17, 15) is 18.4 Å². The number of sulfone groups is 1. The number of ether oxygens (including phenoxy) is 2. The molecular formula is C21H23Cl2NO7S. The van der Waals surface area contributed by atoms with Crippen LogP contribution in [0.25, 0.3) is 0 Å². The van der Waals surface area contributed by atoms with Crippen LogP contribution in [0.3, 0.4) is 0 Å². The molecule has 2 aromatic rings. The molecule has 2 unspecified atom stereocenters. The standard InChI is InChI=1S/C21H23Cl2NO7S/c1-2-31-24(26)21(25)18-13-29-10-9-20(18)32(27,28)17-7-5-16(6-8-17)30-12-14-3-4-15(22)11-19(14)23/h3-8,11,18,20,26H,2,9-10,12-13H2,1H3. The second-order valence-electron chi connectivity index (χ2n) is 7.08. The van der Waals surface area contributed by atoms with E-state index < -0.39 is 26.9 Å². The predicted molar refractivity (Wildman–Crippen MR) is 117 cm³/mol. The molecule has 0 aromatic heterocycles. The second-order valence-corrected chi connectivity index (χ2v) is 10.1. The van der Waals surface area contributed by atoms with Crippen LogP contribution in [0.1, 0.15) is 18.9 Å². The first-order chi connectivity index (χ1) is 15.2. The van der Waals surface area contributed by atoms with Gasteiger partial charge in [-0.1, -0.05) is 34.5 Å². The van der Waals surface area contributed by atoms with Crippen LogP contribution in [0.2, 0.25) is 10.0 Å². The van der Waals surface area contributed by atoms with Crippen LogP contribution in [0.4, 0.5) is 0 Å². The van der Waals surface area contributed by atoms with Crippen molar-refractivity contribution in [2.45, 2.75) is 30.1 Å². The number of amides is 1. The molecule has 0 radical (unpaired) electrons. The quantitative estimate of drug-likeness (QED) is 0.430. The number of hydroxylamine groups is 2. The summed E-state index contributed by atoms with van der Waals surface area (Å²) in [5.41, 5.74) is 0.735. The number of hydrogen-bond acceptors (Lipinski definition) is 7. The maximum atomic E-state index is 13.2. The lowest BCUT2D eigenvalue weighted by Gasteiger charge is -2.31. The lowest BCUT2D eigenvalue weighted by Crippen LogP contribution is -2.47. The highest BCUT2D eigenvalue weighted by molar-refractivity contribution is 7.92. The molecule has 1 amide bonds. The molecule has 0 saturated carbocycles. The Kier molecular flexibility index (Phi) is 8.37. The van der Waals surface area contributed by atoms with Crippen molar-refractivity contribution in [1.82, 2.24) is 5.23 Å². The number of carbonyl (C=O) groups is 1. The Hall–Kier alpha value is -1.88. The van der Waals surface area contributed by atoms with Crippen molar-refractivity contribution >= 4 is 38.9 Å². The summed E-state index contributed by atoms with van der Waals surface area (Å²) < 4.78 is 37.4. The van der Waals surface area contributed by atoms with E-state index in [1.165, 1.54) is 24.3 Å². The van der Waals surface area contributed by atoms with Crippen LogP contribution in [0, 0.1) is 5.92 Å². The minimum absolute atomic E-state index is 0.0416. The first kappa shape index (κ1) is 24.8. The molecule has 0 aliphatic carbocycles. The van der Waals surface area contributed by atoms with Crippen molar-refractivity contribution < 1.29 is 32.7 Å². The Balaban J connectivity index is 1.73. The normalized spacial score (nSPS) is 18.9. The van der Waals surface area contributed by atoms with Crippen LogP contribution in [-0.4, -0.2) is 49.8 Å². The van der Waals surface area contributed by atoms with Gasteiger partial charge in [-0.3, -0.25) is 10.0 Å². The van der Waals surface area contributed by atoms with E-state index >= 15 is 0 Å². The highest BCUT2D eigenvalue weighted by Gasteiger charge is 2.43. The Morgan fingerprint density at radius 2 is 1.94 bits per heavy atom. The van der Waals surface area contributed by atoms with Gasteiger partial charge in [0.2, 0.25) is 0 Å². The van der Waals surface area contributed by atoms with Crippen molar-refractivity contribution in [1.29, 1.82) is 0 Å². The van der Waals surface area contributed by atoms with E-state index in [0.29, 0.717) is 15.8 Å². The highest BCUT2D eigenvalue weighted by Crippen LogP contribution is 2.30. The number of hydrogen-bond donors (Lipinski definition) is 1. The van der Waals surface area contributed by atoms with Crippen LogP contribution >= 0.6 is 23.2 Å². The molecule has 1 heterocycles. The fraction of sp³-hybridized carbons (Fsp3) is 0.381. The van der Waals surface area contributed by atoms with Gasteiger partial charge < -0.3 is 9.47 Å². The number of benzene rings is 2. The summed E-state index contributed by atoms with van der Waals surface area (Å²) in [6.07, 6.45) is 0.117. The number of nitrogens with zero attached hydrogens (tertiary/aromatic N) is 1. The summed E-state index contributed by atoms with van der Waals surface area (Å²) >= 11 is 12.0. The smallest absolute Gasteiger partial charge is 0.279 e. The summed E-state index contributed by atoms with van der Waals surface area (Å²) in [7, 11) is -3.89. The molecule has 1 N–H and O–H groups in total. The topological polar surface area (TPSA) is 102 Å². The van der Waals surface area contributed by atoms with Crippen LogP contribution in [0.15, 0.2) is 47.4 Å². The van der Waals surface area contributed by atoms with Crippen LogP contribution in [0.5, 0.6) is 5.75 Å². The summed E-state index contributed by atoms with van der Waals surface area (Å²) in [6.45, 7) is 1.89. The molecule has 1 aliphatic heterocycles. The lowest BCUT2D eigenvalue weighted by atomic mass is 10.0. The average molecular weight is 504 g/mol. The monoisotopic (exact) mass is 503 g/mol. The SMILES string of the molecule is CCON(O)C(=O)C1COCCC1S(=O)(=O)c1ccc(OCc2ccc(Cl)cc2Cl)cc1. The van der Waals surface area contributed by atoms with E-state index in [0.717, 1.165) is 5.56 Å². The van der Waals surface area contributed by atoms with E-state index in [1.54, 1.807) is 25.1 Å². The molecule has 2 aromatic carbocycles. The molecule has 3 rings (SSSR count). The molecule has 32 heavy (non-hydrogen) atoms. The van der Waals surface area contributed by atoms with Gasteiger partial charge >= 0.3 is 0 Å². The Morgan fingerprint density at radius 1 is 1.22 bits per heavy atom. The van der Waals surface area contributed by atoms with Gasteiger partial charge in [0.1, 0.15) is 12.4 Å². The molecular weight excluding hydrogens is 481 g/mol.